The smallest absolute Gasteiger partial charge is 0.332 e. The van der Waals surface area contributed by atoms with Crippen LogP contribution in [0.4, 0.5) is 32.0 Å². The van der Waals surface area contributed by atoms with E-state index in [2.05, 4.69) is 0 Å². The van der Waals surface area contributed by atoms with Gasteiger partial charge in [-0.2, -0.15) is 13.2 Å². The Hall–Kier alpha value is -3.04. The van der Waals surface area contributed by atoms with E-state index in [0.29, 0.717) is 6.07 Å². The number of alkyl halides is 3. The SMILES string of the molecule is CN(CC(=O)Nc1ccc(F)c(F)c1F)C(=O)c1ccc(C(F)(F)F)cc1. The molecule has 0 atom stereocenters. The summed E-state index contributed by atoms with van der Waals surface area (Å²) in [6.45, 7) is -0.599. The van der Waals surface area contributed by atoms with E-state index < -0.39 is 53.2 Å². The molecular formula is C17H12F6N2O2. The third-order valence-corrected chi connectivity index (χ3v) is 3.50. The molecule has 0 fully saturated rings. The first kappa shape index (κ1) is 20.3. The first-order chi connectivity index (χ1) is 12.5. The molecule has 0 aromatic heterocycles. The van der Waals surface area contributed by atoms with E-state index in [0.717, 1.165) is 35.2 Å². The number of hydrogen-bond acceptors (Lipinski definition) is 2. The Kier molecular flexibility index (Phi) is 5.77. The normalized spacial score (nSPS) is 11.2. The maximum atomic E-state index is 13.5. The molecule has 27 heavy (non-hydrogen) atoms. The highest BCUT2D eigenvalue weighted by atomic mass is 19.4. The van der Waals surface area contributed by atoms with Gasteiger partial charge in [-0.05, 0) is 36.4 Å². The average molecular weight is 390 g/mol. The van der Waals surface area contributed by atoms with Gasteiger partial charge in [-0.15, -0.1) is 0 Å². The van der Waals surface area contributed by atoms with E-state index in [9.17, 15) is 35.9 Å². The fourth-order valence-electron chi connectivity index (χ4n) is 2.12. The van der Waals surface area contributed by atoms with Gasteiger partial charge in [0.25, 0.3) is 5.91 Å². The summed E-state index contributed by atoms with van der Waals surface area (Å²) in [7, 11) is 1.20. The number of rotatable bonds is 4. The minimum absolute atomic E-state index is 0.0997. The zero-order valence-corrected chi connectivity index (χ0v) is 13.7. The third-order valence-electron chi connectivity index (χ3n) is 3.50. The quantitative estimate of drug-likeness (QED) is 0.637. The van der Waals surface area contributed by atoms with E-state index in [1.54, 1.807) is 0 Å². The van der Waals surface area contributed by atoms with Crippen LogP contribution in [0.25, 0.3) is 0 Å². The number of carbonyl (C=O) groups is 2. The first-order valence-corrected chi connectivity index (χ1v) is 7.36. The van der Waals surface area contributed by atoms with Gasteiger partial charge in [0.2, 0.25) is 5.91 Å². The fourth-order valence-corrected chi connectivity index (χ4v) is 2.12. The predicted molar refractivity (Wildman–Crippen MR) is 83.4 cm³/mol. The molecule has 0 spiro atoms. The largest absolute Gasteiger partial charge is 0.416 e. The molecule has 0 aliphatic heterocycles. The van der Waals surface area contributed by atoms with Crippen LogP contribution >= 0.6 is 0 Å². The molecule has 4 nitrogen and oxygen atoms in total. The molecule has 2 aromatic rings. The molecular weight excluding hydrogens is 378 g/mol. The second kappa shape index (κ2) is 7.68. The monoisotopic (exact) mass is 390 g/mol. The van der Waals surface area contributed by atoms with E-state index in [1.807, 2.05) is 5.32 Å². The van der Waals surface area contributed by atoms with Crippen molar-refractivity contribution in [1.29, 1.82) is 0 Å². The van der Waals surface area contributed by atoms with E-state index >= 15 is 0 Å². The van der Waals surface area contributed by atoms with Gasteiger partial charge in [-0.3, -0.25) is 9.59 Å². The van der Waals surface area contributed by atoms with Crippen LogP contribution < -0.4 is 5.32 Å². The van der Waals surface area contributed by atoms with Crippen LogP contribution in [0.5, 0.6) is 0 Å². The molecule has 2 rings (SSSR count). The number of carbonyl (C=O) groups excluding carboxylic acids is 2. The Morgan fingerprint density at radius 2 is 1.56 bits per heavy atom. The van der Waals surface area contributed by atoms with Gasteiger partial charge >= 0.3 is 6.18 Å². The second-order valence-corrected chi connectivity index (χ2v) is 5.51. The van der Waals surface area contributed by atoms with Gasteiger partial charge in [0, 0.05) is 12.6 Å². The molecule has 0 saturated carbocycles. The molecule has 0 heterocycles. The number of amides is 2. The highest BCUT2D eigenvalue weighted by Gasteiger charge is 2.30. The van der Waals surface area contributed by atoms with Crippen LogP contribution in [0, 0.1) is 17.5 Å². The second-order valence-electron chi connectivity index (χ2n) is 5.51. The van der Waals surface area contributed by atoms with Crippen molar-refractivity contribution in [2.75, 3.05) is 18.9 Å². The summed E-state index contributed by atoms with van der Waals surface area (Å²) < 4.78 is 77.0. The average Bonchev–Trinajstić information content (AvgIpc) is 2.61. The maximum Gasteiger partial charge on any atom is 0.416 e. The van der Waals surface area contributed by atoms with E-state index in [4.69, 9.17) is 0 Å². The van der Waals surface area contributed by atoms with Crippen LogP contribution in [-0.4, -0.2) is 30.3 Å². The summed E-state index contributed by atoms with van der Waals surface area (Å²) in [6, 6.07) is 4.77. The number of nitrogens with zero attached hydrogens (tertiary/aromatic N) is 1. The van der Waals surface area contributed by atoms with Crippen molar-refractivity contribution in [3.63, 3.8) is 0 Å². The number of benzene rings is 2. The Morgan fingerprint density at radius 1 is 0.963 bits per heavy atom. The number of likely N-dealkylation sites (N-methyl/N-ethyl adjacent to an activating group) is 1. The molecule has 0 aliphatic carbocycles. The molecule has 2 amide bonds. The number of anilines is 1. The Morgan fingerprint density at radius 3 is 2.11 bits per heavy atom. The summed E-state index contributed by atoms with van der Waals surface area (Å²) in [5, 5.41) is 1.98. The van der Waals surface area contributed by atoms with Gasteiger partial charge in [-0.25, -0.2) is 13.2 Å². The molecule has 0 aliphatic rings. The summed E-state index contributed by atoms with van der Waals surface area (Å²) in [4.78, 5) is 24.9. The van der Waals surface area contributed by atoms with Crippen molar-refractivity contribution in [2.45, 2.75) is 6.18 Å². The minimum Gasteiger partial charge on any atom is -0.332 e. The molecule has 0 radical (unpaired) electrons. The van der Waals surface area contributed by atoms with Gasteiger partial charge in [0.15, 0.2) is 17.5 Å². The fraction of sp³-hybridized carbons (Fsp3) is 0.176. The summed E-state index contributed by atoms with van der Waals surface area (Å²) in [5.41, 5.74) is -1.65. The highest BCUT2D eigenvalue weighted by Crippen LogP contribution is 2.29. The lowest BCUT2D eigenvalue weighted by molar-refractivity contribution is -0.137. The molecule has 0 saturated heterocycles. The van der Waals surface area contributed by atoms with Gasteiger partial charge in [0.1, 0.15) is 0 Å². The highest BCUT2D eigenvalue weighted by molar-refractivity contribution is 5.99. The third kappa shape index (κ3) is 4.78. The van der Waals surface area contributed by atoms with Crippen LogP contribution in [0.2, 0.25) is 0 Å². The lowest BCUT2D eigenvalue weighted by Crippen LogP contribution is -2.35. The topological polar surface area (TPSA) is 49.4 Å². The van der Waals surface area contributed by atoms with Crippen LogP contribution in [0.3, 0.4) is 0 Å². The molecule has 1 N–H and O–H groups in total. The minimum atomic E-state index is -4.55. The van der Waals surface area contributed by atoms with Crippen molar-refractivity contribution >= 4 is 17.5 Å². The number of halogens is 6. The maximum absolute atomic E-state index is 13.5. The molecule has 144 valence electrons. The van der Waals surface area contributed by atoms with Gasteiger partial charge < -0.3 is 10.2 Å². The summed E-state index contributed by atoms with van der Waals surface area (Å²) in [6.07, 6.45) is -4.55. The van der Waals surface area contributed by atoms with Crippen molar-refractivity contribution in [1.82, 2.24) is 4.90 Å². The van der Waals surface area contributed by atoms with Crippen molar-refractivity contribution in [3.8, 4) is 0 Å². The molecule has 0 unspecified atom stereocenters. The molecule has 10 heteroatoms. The van der Waals surface area contributed by atoms with Gasteiger partial charge in [0.05, 0.1) is 17.8 Å². The Labute approximate surface area is 149 Å². The van der Waals surface area contributed by atoms with E-state index in [-0.39, 0.29) is 5.56 Å². The molecule has 2 aromatic carbocycles. The van der Waals surface area contributed by atoms with Crippen molar-refractivity contribution in [2.24, 2.45) is 0 Å². The van der Waals surface area contributed by atoms with Crippen LogP contribution in [0.15, 0.2) is 36.4 Å². The summed E-state index contributed by atoms with van der Waals surface area (Å²) >= 11 is 0. The summed E-state index contributed by atoms with van der Waals surface area (Å²) in [5.74, 6) is -6.46. The van der Waals surface area contributed by atoms with Crippen LogP contribution in [-0.2, 0) is 11.0 Å². The zero-order chi connectivity index (χ0) is 20.4. The predicted octanol–water partition coefficient (Wildman–Crippen LogP) is 3.83. The molecule has 0 bridgehead atoms. The Balaban J connectivity index is 2.03. The van der Waals surface area contributed by atoms with E-state index in [1.165, 1.54) is 7.05 Å². The van der Waals surface area contributed by atoms with Crippen molar-refractivity contribution in [3.05, 3.63) is 65.0 Å². The number of nitrogens with one attached hydrogen (secondary N) is 1. The lowest BCUT2D eigenvalue weighted by Gasteiger charge is -2.17. The standard InChI is InChI=1S/C17H12F6N2O2/c1-25(16(27)9-2-4-10(5-3-9)17(21,22)23)8-13(26)24-12-7-6-11(18)14(19)15(12)20/h2-7H,8H2,1H3,(H,24,26). The lowest BCUT2D eigenvalue weighted by atomic mass is 10.1. The van der Waals surface area contributed by atoms with Crippen molar-refractivity contribution < 1.29 is 35.9 Å². The zero-order valence-electron chi connectivity index (χ0n) is 13.7. The van der Waals surface area contributed by atoms with Crippen LogP contribution in [0.1, 0.15) is 15.9 Å². The first-order valence-electron chi connectivity index (χ1n) is 7.36. The van der Waals surface area contributed by atoms with Gasteiger partial charge in [-0.1, -0.05) is 0 Å². The Bertz CT molecular complexity index is 865. The number of hydrogen-bond donors (Lipinski definition) is 1.